The molecule has 0 aromatic heterocycles. The second-order valence-corrected chi connectivity index (χ2v) is 8.10. The van der Waals surface area contributed by atoms with Crippen LogP contribution in [-0.2, 0) is 0 Å². The van der Waals surface area contributed by atoms with Gasteiger partial charge in [-0.2, -0.15) is 0 Å². The average Bonchev–Trinajstić information content (AvgIpc) is 2.38. The van der Waals surface area contributed by atoms with Crippen molar-refractivity contribution in [2.75, 3.05) is 6.16 Å². The van der Waals surface area contributed by atoms with Crippen LogP contribution in [0.5, 0.6) is 0 Å². The standard InChI is InChI=1S/C14H19P/c1-14(2)9-8-11-10-15(13(11)14)12-6-4-3-5-7-12/h3-7,11,13H,8-10H2,1-2H3/t11-,13+,15+/m0/s1. The van der Waals surface area contributed by atoms with Crippen molar-refractivity contribution in [2.24, 2.45) is 11.3 Å². The molecular weight excluding hydrogens is 199 g/mol. The molecule has 80 valence electrons. The fourth-order valence-electron chi connectivity index (χ4n) is 3.48. The summed E-state index contributed by atoms with van der Waals surface area (Å²) in [5.41, 5.74) is 1.64. The average molecular weight is 218 g/mol. The van der Waals surface area contributed by atoms with Crippen LogP contribution in [0.25, 0.3) is 0 Å². The van der Waals surface area contributed by atoms with E-state index >= 15 is 0 Å². The molecule has 0 spiro atoms. The highest BCUT2D eigenvalue weighted by molar-refractivity contribution is 7.68. The Morgan fingerprint density at radius 2 is 1.93 bits per heavy atom. The van der Waals surface area contributed by atoms with Crippen molar-refractivity contribution < 1.29 is 0 Å². The number of hydrogen-bond acceptors (Lipinski definition) is 0. The topological polar surface area (TPSA) is 0 Å². The lowest BCUT2D eigenvalue weighted by atomic mass is 9.89. The Labute approximate surface area is 93.8 Å². The summed E-state index contributed by atoms with van der Waals surface area (Å²) >= 11 is 0. The maximum atomic E-state index is 2.48. The zero-order valence-corrected chi connectivity index (χ0v) is 10.5. The van der Waals surface area contributed by atoms with E-state index in [-0.39, 0.29) is 7.92 Å². The van der Waals surface area contributed by atoms with Gasteiger partial charge in [-0.1, -0.05) is 52.1 Å². The monoisotopic (exact) mass is 218 g/mol. The van der Waals surface area contributed by atoms with Gasteiger partial charge in [-0.3, -0.25) is 0 Å². The van der Waals surface area contributed by atoms with E-state index in [4.69, 9.17) is 0 Å². The van der Waals surface area contributed by atoms with Crippen LogP contribution >= 0.6 is 7.92 Å². The van der Waals surface area contributed by atoms with Crippen LogP contribution in [0.3, 0.4) is 0 Å². The van der Waals surface area contributed by atoms with Gasteiger partial charge >= 0.3 is 0 Å². The van der Waals surface area contributed by atoms with Crippen molar-refractivity contribution in [2.45, 2.75) is 32.3 Å². The molecule has 2 fully saturated rings. The molecule has 1 heterocycles. The number of fused-ring (bicyclic) bond motifs is 1. The Kier molecular flexibility index (Phi) is 2.18. The molecule has 1 saturated heterocycles. The smallest absolute Gasteiger partial charge is 0.00857 e. The Hall–Kier alpha value is -0.350. The fourth-order valence-corrected chi connectivity index (χ4v) is 7.04. The quantitative estimate of drug-likeness (QED) is 0.632. The third kappa shape index (κ3) is 1.46. The first-order chi connectivity index (χ1) is 7.18. The summed E-state index contributed by atoms with van der Waals surface area (Å²) < 4.78 is 0. The van der Waals surface area contributed by atoms with Crippen LogP contribution < -0.4 is 5.30 Å². The van der Waals surface area contributed by atoms with Gasteiger partial charge in [-0.05, 0) is 41.3 Å². The van der Waals surface area contributed by atoms with Crippen LogP contribution in [0.15, 0.2) is 30.3 Å². The van der Waals surface area contributed by atoms with E-state index < -0.39 is 0 Å². The highest BCUT2D eigenvalue weighted by Crippen LogP contribution is 2.68. The predicted octanol–water partition coefficient (Wildman–Crippen LogP) is 3.61. The molecule has 2 aliphatic rings. The largest absolute Gasteiger partial charge is 0.0710 e. The molecule has 15 heavy (non-hydrogen) atoms. The van der Waals surface area contributed by atoms with E-state index in [0.717, 1.165) is 11.6 Å². The molecule has 0 unspecified atom stereocenters. The van der Waals surface area contributed by atoms with Gasteiger partial charge in [0, 0.05) is 0 Å². The molecule has 1 saturated carbocycles. The SMILES string of the molecule is CC1(C)CC[C@H]2C[P@](c3ccccc3)[C@H]21. The lowest BCUT2D eigenvalue weighted by Crippen LogP contribution is -2.40. The molecule has 1 aromatic rings. The highest BCUT2D eigenvalue weighted by Gasteiger charge is 2.53. The molecule has 1 aromatic carbocycles. The van der Waals surface area contributed by atoms with Crippen LogP contribution in [0, 0.1) is 11.3 Å². The van der Waals surface area contributed by atoms with Gasteiger partial charge in [0.25, 0.3) is 0 Å². The van der Waals surface area contributed by atoms with E-state index in [1.54, 1.807) is 5.30 Å². The van der Waals surface area contributed by atoms with Crippen molar-refractivity contribution in [3.8, 4) is 0 Å². The summed E-state index contributed by atoms with van der Waals surface area (Å²) in [7, 11) is 0.179. The Balaban J connectivity index is 1.87. The molecular formula is C14H19P. The number of rotatable bonds is 1. The van der Waals surface area contributed by atoms with E-state index in [9.17, 15) is 0 Å². The molecule has 3 rings (SSSR count). The van der Waals surface area contributed by atoms with E-state index in [0.29, 0.717) is 5.41 Å². The van der Waals surface area contributed by atoms with Crippen LogP contribution in [0.2, 0.25) is 0 Å². The van der Waals surface area contributed by atoms with Crippen molar-refractivity contribution in [1.29, 1.82) is 0 Å². The summed E-state index contributed by atoms with van der Waals surface area (Å²) in [4.78, 5) is 0. The van der Waals surface area contributed by atoms with Crippen molar-refractivity contribution in [3.63, 3.8) is 0 Å². The van der Waals surface area contributed by atoms with Gasteiger partial charge in [-0.25, -0.2) is 0 Å². The minimum absolute atomic E-state index is 0.179. The summed E-state index contributed by atoms with van der Waals surface area (Å²) in [6.45, 7) is 4.96. The van der Waals surface area contributed by atoms with E-state index in [1.165, 1.54) is 19.0 Å². The second kappa shape index (κ2) is 3.32. The van der Waals surface area contributed by atoms with Crippen molar-refractivity contribution in [3.05, 3.63) is 30.3 Å². The first-order valence-corrected chi connectivity index (χ1v) is 7.60. The van der Waals surface area contributed by atoms with Crippen LogP contribution in [-0.4, -0.2) is 11.8 Å². The van der Waals surface area contributed by atoms with E-state index in [1.807, 2.05) is 0 Å². The lowest BCUT2D eigenvalue weighted by Gasteiger charge is -2.47. The molecule has 0 bridgehead atoms. The molecule has 1 aliphatic heterocycles. The number of hydrogen-bond donors (Lipinski definition) is 0. The van der Waals surface area contributed by atoms with Crippen LogP contribution in [0.1, 0.15) is 26.7 Å². The summed E-state index contributed by atoms with van der Waals surface area (Å²) in [5, 5.41) is 1.64. The maximum Gasteiger partial charge on any atom is -0.00857 e. The number of benzene rings is 1. The third-order valence-electron chi connectivity index (χ3n) is 4.26. The van der Waals surface area contributed by atoms with Gasteiger partial charge < -0.3 is 0 Å². The molecule has 0 nitrogen and oxygen atoms in total. The van der Waals surface area contributed by atoms with Gasteiger partial charge in [-0.15, -0.1) is 0 Å². The Morgan fingerprint density at radius 3 is 2.60 bits per heavy atom. The van der Waals surface area contributed by atoms with Gasteiger partial charge in [0.1, 0.15) is 0 Å². The predicted molar refractivity (Wildman–Crippen MR) is 68.2 cm³/mol. The minimum atomic E-state index is 0.179. The Morgan fingerprint density at radius 1 is 1.20 bits per heavy atom. The highest BCUT2D eigenvalue weighted by atomic mass is 31.1. The minimum Gasteiger partial charge on any atom is -0.0710 e. The third-order valence-corrected chi connectivity index (χ3v) is 7.88. The molecule has 0 amide bonds. The summed E-state index contributed by atoms with van der Waals surface area (Å²) in [6.07, 6.45) is 4.45. The first kappa shape index (κ1) is 9.85. The molecule has 3 atom stereocenters. The summed E-state index contributed by atoms with van der Waals surface area (Å²) in [6, 6.07) is 11.2. The maximum absolute atomic E-state index is 2.48. The second-order valence-electron chi connectivity index (χ2n) is 5.72. The summed E-state index contributed by atoms with van der Waals surface area (Å²) in [5.74, 6) is 1.06. The lowest BCUT2D eigenvalue weighted by molar-refractivity contribution is 0.362. The molecule has 0 radical (unpaired) electrons. The Bertz CT molecular complexity index is 355. The van der Waals surface area contributed by atoms with Crippen molar-refractivity contribution >= 4 is 13.2 Å². The molecule has 1 aliphatic carbocycles. The van der Waals surface area contributed by atoms with Gasteiger partial charge in [0.2, 0.25) is 0 Å². The van der Waals surface area contributed by atoms with E-state index in [2.05, 4.69) is 44.2 Å². The van der Waals surface area contributed by atoms with Gasteiger partial charge in [0.15, 0.2) is 0 Å². The van der Waals surface area contributed by atoms with Crippen LogP contribution in [0.4, 0.5) is 0 Å². The molecule has 0 N–H and O–H groups in total. The van der Waals surface area contributed by atoms with Crippen molar-refractivity contribution in [1.82, 2.24) is 0 Å². The molecule has 1 heteroatoms. The first-order valence-electron chi connectivity index (χ1n) is 6.00. The zero-order valence-electron chi connectivity index (χ0n) is 9.61. The zero-order chi connectivity index (χ0) is 10.5. The normalized spacial score (nSPS) is 37.1. The van der Waals surface area contributed by atoms with Gasteiger partial charge in [0.05, 0.1) is 0 Å². The fraction of sp³-hybridized carbons (Fsp3) is 0.571.